The van der Waals surface area contributed by atoms with E-state index in [1.54, 1.807) is 47.5 Å². The highest BCUT2D eigenvalue weighted by Crippen LogP contribution is 2.42. The number of aromatic nitrogens is 3. The SMILES string of the molecule is O=C(NC1=CN(C2CCOC2=O)NC1c1cc2c(cc1OC(F)F)NCCS2)c1cnn2cccnc12. The quantitative estimate of drug-likeness (QED) is 0.410. The summed E-state index contributed by atoms with van der Waals surface area (Å²) in [7, 11) is 0. The number of esters is 1. The molecule has 3 N–H and O–H groups in total. The number of ether oxygens (including phenoxy) is 2. The number of rotatable bonds is 6. The van der Waals surface area contributed by atoms with E-state index in [0.29, 0.717) is 35.6 Å². The number of benzene rings is 1. The third-order valence-corrected chi connectivity index (χ3v) is 7.26. The van der Waals surface area contributed by atoms with Crippen molar-refractivity contribution in [3.8, 4) is 5.75 Å². The number of fused-ring (bicyclic) bond motifs is 2. The largest absolute Gasteiger partial charge is 0.464 e. The van der Waals surface area contributed by atoms with E-state index in [-0.39, 0.29) is 17.9 Å². The molecule has 3 aromatic rings. The van der Waals surface area contributed by atoms with Gasteiger partial charge in [-0.05, 0) is 12.1 Å². The molecule has 3 aliphatic heterocycles. The van der Waals surface area contributed by atoms with Crippen LogP contribution in [-0.4, -0.2) is 63.0 Å². The summed E-state index contributed by atoms with van der Waals surface area (Å²) in [5.41, 5.74) is 5.18. The minimum absolute atomic E-state index is 0.0464. The van der Waals surface area contributed by atoms with Crippen LogP contribution in [0.15, 0.2) is 53.6 Å². The van der Waals surface area contributed by atoms with Crippen molar-refractivity contribution in [2.75, 3.05) is 24.2 Å². The van der Waals surface area contributed by atoms with Gasteiger partial charge in [0, 0.05) is 53.8 Å². The Morgan fingerprint density at radius 1 is 1.35 bits per heavy atom. The van der Waals surface area contributed by atoms with Crippen LogP contribution >= 0.6 is 11.8 Å². The van der Waals surface area contributed by atoms with Crippen molar-refractivity contribution >= 4 is 35.0 Å². The molecule has 0 spiro atoms. The molecule has 0 saturated carbocycles. The van der Waals surface area contributed by atoms with Gasteiger partial charge >= 0.3 is 12.6 Å². The number of amides is 1. The summed E-state index contributed by atoms with van der Waals surface area (Å²) in [6.07, 6.45) is 6.62. The summed E-state index contributed by atoms with van der Waals surface area (Å²) in [6.45, 7) is -2.10. The molecule has 14 heteroatoms. The Hall–Kier alpha value is -3.91. The van der Waals surface area contributed by atoms with E-state index in [2.05, 4.69) is 26.1 Å². The van der Waals surface area contributed by atoms with Crippen molar-refractivity contribution in [3.63, 3.8) is 0 Å². The van der Waals surface area contributed by atoms with Crippen molar-refractivity contribution in [2.24, 2.45) is 0 Å². The van der Waals surface area contributed by atoms with Crippen LogP contribution in [0.4, 0.5) is 14.5 Å². The van der Waals surface area contributed by atoms with Gasteiger partial charge in [-0.25, -0.2) is 19.7 Å². The Kier molecular flexibility index (Phi) is 6.04. The molecule has 2 aromatic heterocycles. The van der Waals surface area contributed by atoms with Crippen molar-refractivity contribution in [1.82, 2.24) is 30.3 Å². The summed E-state index contributed by atoms with van der Waals surface area (Å²) >= 11 is 1.58. The molecule has 5 heterocycles. The number of hydrogen-bond donors (Lipinski definition) is 3. The Bertz CT molecular complexity index is 1410. The molecule has 2 unspecified atom stereocenters. The van der Waals surface area contributed by atoms with Crippen molar-refractivity contribution < 1.29 is 27.8 Å². The number of nitrogens with zero attached hydrogens (tertiary/aromatic N) is 4. The number of carbonyl (C=O) groups is 2. The maximum absolute atomic E-state index is 13.4. The van der Waals surface area contributed by atoms with Crippen molar-refractivity contribution in [2.45, 2.75) is 30.0 Å². The lowest BCUT2D eigenvalue weighted by Gasteiger charge is -2.27. The number of carbonyl (C=O) groups excluding carboxylic acids is 2. The van der Waals surface area contributed by atoms with Crippen LogP contribution in [0.25, 0.3) is 5.65 Å². The van der Waals surface area contributed by atoms with Crippen LogP contribution in [0.2, 0.25) is 0 Å². The molecule has 0 bridgehead atoms. The lowest BCUT2D eigenvalue weighted by molar-refractivity contribution is -0.142. The van der Waals surface area contributed by atoms with E-state index >= 15 is 0 Å². The monoisotopic (exact) mass is 529 g/mol. The number of nitrogens with one attached hydrogen (secondary N) is 3. The van der Waals surface area contributed by atoms with E-state index in [9.17, 15) is 18.4 Å². The van der Waals surface area contributed by atoms with Gasteiger partial charge < -0.3 is 20.1 Å². The first-order chi connectivity index (χ1) is 18.0. The van der Waals surface area contributed by atoms with Gasteiger partial charge in [-0.1, -0.05) is 0 Å². The second kappa shape index (κ2) is 9.52. The molecular weight excluding hydrogens is 508 g/mol. The highest BCUT2D eigenvalue weighted by Gasteiger charge is 2.39. The Labute approximate surface area is 213 Å². The van der Waals surface area contributed by atoms with Crippen LogP contribution < -0.4 is 20.8 Å². The summed E-state index contributed by atoms with van der Waals surface area (Å²) in [6, 6.07) is 3.55. The molecular formula is C23H21F2N7O4S. The van der Waals surface area contributed by atoms with Gasteiger partial charge in [0.05, 0.1) is 30.2 Å². The zero-order chi connectivity index (χ0) is 25.5. The van der Waals surface area contributed by atoms with E-state index in [0.717, 1.165) is 10.6 Å². The number of alkyl halides is 2. The Morgan fingerprint density at radius 3 is 3.05 bits per heavy atom. The topological polar surface area (TPSA) is 122 Å². The van der Waals surface area contributed by atoms with Gasteiger partial charge in [-0.3, -0.25) is 9.80 Å². The molecule has 1 amide bonds. The number of hydrogen-bond acceptors (Lipinski definition) is 10. The van der Waals surface area contributed by atoms with Gasteiger partial charge in [-0.2, -0.15) is 13.9 Å². The van der Waals surface area contributed by atoms with E-state index < -0.39 is 30.6 Å². The molecule has 1 aromatic carbocycles. The molecule has 37 heavy (non-hydrogen) atoms. The summed E-state index contributed by atoms with van der Waals surface area (Å²) in [5, 5.41) is 11.7. The fourth-order valence-electron chi connectivity index (χ4n) is 4.53. The minimum atomic E-state index is -3.05. The molecule has 0 radical (unpaired) electrons. The fourth-order valence-corrected chi connectivity index (χ4v) is 5.45. The highest BCUT2D eigenvalue weighted by molar-refractivity contribution is 7.99. The molecule has 1 saturated heterocycles. The van der Waals surface area contributed by atoms with Gasteiger partial charge in [-0.15, -0.1) is 11.8 Å². The maximum atomic E-state index is 13.4. The van der Waals surface area contributed by atoms with E-state index in [1.165, 1.54) is 16.8 Å². The van der Waals surface area contributed by atoms with Crippen LogP contribution in [0.1, 0.15) is 28.4 Å². The average molecular weight is 530 g/mol. The van der Waals surface area contributed by atoms with Crippen LogP contribution in [-0.2, 0) is 9.53 Å². The molecule has 3 aliphatic rings. The normalized spacial score (nSPS) is 21.0. The number of cyclic esters (lactones) is 1. The number of thioether (sulfide) groups is 1. The Morgan fingerprint density at radius 2 is 2.24 bits per heavy atom. The van der Waals surface area contributed by atoms with Crippen LogP contribution in [0.3, 0.4) is 0 Å². The molecule has 6 rings (SSSR count). The smallest absolute Gasteiger partial charge is 0.387 e. The van der Waals surface area contributed by atoms with E-state index in [4.69, 9.17) is 9.47 Å². The van der Waals surface area contributed by atoms with Crippen LogP contribution in [0.5, 0.6) is 5.75 Å². The minimum Gasteiger partial charge on any atom is -0.464 e. The summed E-state index contributed by atoms with van der Waals surface area (Å²) in [5.74, 6) is -0.153. The summed E-state index contributed by atoms with van der Waals surface area (Å²) in [4.78, 5) is 30.7. The first-order valence-electron chi connectivity index (χ1n) is 11.5. The highest BCUT2D eigenvalue weighted by atomic mass is 32.2. The molecule has 192 valence electrons. The van der Waals surface area contributed by atoms with E-state index in [1.807, 2.05) is 0 Å². The first-order valence-corrected chi connectivity index (χ1v) is 12.5. The fraction of sp³-hybridized carbons (Fsp3) is 0.304. The van der Waals surface area contributed by atoms with Crippen LogP contribution in [0, 0.1) is 0 Å². The second-order valence-electron chi connectivity index (χ2n) is 8.47. The number of halogens is 2. The van der Waals surface area contributed by atoms with Gasteiger partial charge in [0.15, 0.2) is 5.65 Å². The molecule has 11 nitrogen and oxygen atoms in total. The van der Waals surface area contributed by atoms with Crippen molar-refractivity contribution in [1.29, 1.82) is 0 Å². The van der Waals surface area contributed by atoms with Gasteiger partial charge in [0.2, 0.25) is 0 Å². The first kappa shape index (κ1) is 23.5. The predicted octanol–water partition coefficient (Wildman–Crippen LogP) is 2.30. The van der Waals surface area contributed by atoms with Gasteiger partial charge in [0.25, 0.3) is 5.91 Å². The maximum Gasteiger partial charge on any atom is 0.387 e. The number of hydrazine groups is 1. The number of anilines is 1. The average Bonchev–Trinajstić information content (AvgIpc) is 3.61. The predicted molar refractivity (Wildman–Crippen MR) is 128 cm³/mol. The molecule has 0 aliphatic carbocycles. The zero-order valence-electron chi connectivity index (χ0n) is 19.2. The van der Waals surface area contributed by atoms with Gasteiger partial charge in [0.1, 0.15) is 17.4 Å². The van der Waals surface area contributed by atoms with Crippen molar-refractivity contribution in [3.05, 3.63) is 59.8 Å². The second-order valence-corrected chi connectivity index (χ2v) is 9.60. The third kappa shape index (κ3) is 4.42. The zero-order valence-corrected chi connectivity index (χ0v) is 20.0. The molecule has 1 fully saturated rings. The molecule has 2 atom stereocenters. The lowest BCUT2D eigenvalue weighted by atomic mass is 10.0. The lowest BCUT2D eigenvalue weighted by Crippen LogP contribution is -2.42. The standard InChI is InChI=1S/C23H21F2N7O4S/c24-23(25)36-17-9-14-18(37-7-4-26-14)8-12(17)19-15(11-32(30-19)16-2-6-35-22(16)34)29-21(33)13-10-28-31-5-1-3-27-20(13)31/h1,3,5,8-11,16,19,23,26,30H,2,4,6-7H2,(H,29,33). The third-order valence-electron chi connectivity index (χ3n) is 6.21. The Balaban J connectivity index is 1.38. The summed E-state index contributed by atoms with van der Waals surface area (Å²) < 4.78 is 38.3.